The number of benzene rings is 1. The molecule has 2 atom stereocenters. The molecule has 2 N–H and O–H groups in total. The third-order valence-electron chi connectivity index (χ3n) is 2.94. The Labute approximate surface area is 99.5 Å². The number of rotatable bonds is 2. The normalized spacial score (nSPS) is 23.1. The Morgan fingerprint density at radius 2 is 2.25 bits per heavy atom. The summed E-state index contributed by atoms with van der Waals surface area (Å²) in [6.07, 6.45) is 2.97. The topological polar surface area (TPSA) is 35.2 Å². The molecule has 88 valence electrons. The van der Waals surface area contributed by atoms with E-state index in [2.05, 4.69) is 0 Å². The molecule has 1 fully saturated rings. The van der Waals surface area contributed by atoms with E-state index in [-0.39, 0.29) is 11.9 Å². The fraction of sp³-hybridized carbons (Fsp3) is 0.500. The Bertz CT molecular complexity index is 366. The smallest absolute Gasteiger partial charge is 0.129 e. The van der Waals surface area contributed by atoms with E-state index in [1.807, 2.05) is 0 Å². The van der Waals surface area contributed by atoms with Crippen molar-refractivity contribution in [1.29, 1.82) is 0 Å². The molecule has 0 aliphatic carbocycles. The molecule has 1 aliphatic rings. The molecular weight excluding hydrogens is 229 g/mol. The lowest BCUT2D eigenvalue weighted by atomic mass is 9.96. The van der Waals surface area contributed by atoms with Gasteiger partial charge in [0.15, 0.2) is 0 Å². The average molecular weight is 244 g/mol. The van der Waals surface area contributed by atoms with Gasteiger partial charge in [-0.25, -0.2) is 4.39 Å². The molecule has 1 aromatic carbocycles. The van der Waals surface area contributed by atoms with E-state index in [1.165, 1.54) is 6.07 Å². The first kappa shape index (κ1) is 11.8. The minimum Gasteiger partial charge on any atom is -0.376 e. The molecule has 0 radical (unpaired) electrons. The van der Waals surface area contributed by atoms with Crippen LogP contribution in [0.4, 0.5) is 4.39 Å². The van der Waals surface area contributed by atoms with Crippen LogP contribution in [0.25, 0.3) is 0 Å². The number of hydrogen-bond donors (Lipinski definition) is 1. The summed E-state index contributed by atoms with van der Waals surface area (Å²) in [7, 11) is 0. The molecule has 1 saturated heterocycles. The highest BCUT2D eigenvalue weighted by molar-refractivity contribution is 6.30. The van der Waals surface area contributed by atoms with E-state index >= 15 is 0 Å². The van der Waals surface area contributed by atoms with Gasteiger partial charge in [-0.15, -0.1) is 0 Å². The fourth-order valence-electron chi connectivity index (χ4n) is 2.02. The minimum absolute atomic E-state index is 0.0792. The second-order valence-corrected chi connectivity index (χ2v) is 4.53. The average Bonchev–Trinajstić information content (AvgIpc) is 2.29. The zero-order chi connectivity index (χ0) is 11.5. The van der Waals surface area contributed by atoms with E-state index in [1.54, 1.807) is 12.1 Å². The van der Waals surface area contributed by atoms with Crippen molar-refractivity contribution < 1.29 is 9.13 Å². The van der Waals surface area contributed by atoms with Gasteiger partial charge >= 0.3 is 0 Å². The molecule has 1 aromatic rings. The van der Waals surface area contributed by atoms with Crippen LogP contribution in [0.5, 0.6) is 0 Å². The molecule has 1 aliphatic heterocycles. The molecule has 0 amide bonds. The molecule has 4 heteroatoms. The monoisotopic (exact) mass is 243 g/mol. The summed E-state index contributed by atoms with van der Waals surface area (Å²) in [6.45, 7) is 0.716. The molecule has 1 heterocycles. The third kappa shape index (κ3) is 2.54. The number of halogens is 2. The van der Waals surface area contributed by atoms with Gasteiger partial charge in [-0.05, 0) is 31.4 Å². The van der Waals surface area contributed by atoms with Crippen LogP contribution in [0.15, 0.2) is 18.2 Å². The van der Waals surface area contributed by atoms with Crippen molar-refractivity contribution >= 4 is 11.6 Å². The molecule has 0 spiro atoms. The van der Waals surface area contributed by atoms with Gasteiger partial charge in [-0.1, -0.05) is 17.7 Å². The van der Waals surface area contributed by atoms with Gasteiger partial charge in [0.1, 0.15) is 5.82 Å². The van der Waals surface area contributed by atoms with Gasteiger partial charge in [0, 0.05) is 17.2 Å². The second kappa shape index (κ2) is 5.13. The lowest BCUT2D eigenvalue weighted by Crippen LogP contribution is -2.32. The van der Waals surface area contributed by atoms with E-state index in [9.17, 15) is 4.39 Å². The SMILES string of the molecule is NC(c1ccc(Cl)cc1F)C1CCCCO1. The molecule has 2 nitrogen and oxygen atoms in total. The highest BCUT2D eigenvalue weighted by atomic mass is 35.5. The first-order chi connectivity index (χ1) is 7.68. The fourth-order valence-corrected chi connectivity index (χ4v) is 2.18. The molecule has 0 aromatic heterocycles. The van der Waals surface area contributed by atoms with Crippen LogP contribution in [0.3, 0.4) is 0 Å². The molecule has 2 unspecified atom stereocenters. The van der Waals surface area contributed by atoms with Crippen molar-refractivity contribution in [1.82, 2.24) is 0 Å². The van der Waals surface area contributed by atoms with Crippen LogP contribution in [0, 0.1) is 5.82 Å². The van der Waals surface area contributed by atoms with Crippen LogP contribution in [0.1, 0.15) is 30.9 Å². The van der Waals surface area contributed by atoms with Crippen LogP contribution in [-0.2, 0) is 4.74 Å². The summed E-state index contributed by atoms with van der Waals surface area (Å²) in [5, 5.41) is 0.387. The zero-order valence-electron chi connectivity index (χ0n) is 8.96. The van der Waals surface area contributed by atoms with Crippen molar-refractivity contribution in [3.63, 3.8) is 0 Å². The maximum atomic E-state index is 13.6. The van der Waals surface area contributed by atoms with Gasteiger partial charge in [0.2, 0.25) is 0 Å². The standard InChI is InChI=1S/C12H15ClFNO/c13-8-4-5-9(10(14)7-8)12(15)11-3-1-2-6-16-11/h4-5,7,11-12H,1-3,6,15H2. The van der Waals surface area contributed by atoms with Crippen molar-refractivity contribution in [2.45, 2.75) is 31.4 Å². The third-order valence-corrected chi connectivity index (χ3v) is 3.17. The van der Waals surface area contributed by atoms with Crippen molar-refractivity contribution in [2.24, 2.45) is 5.73 Å². The lowest BCUT2D eigenvalue weighted by molar-refractivity contribution is -0.000616. The Morgan fingerprint density at radius 1 is 1.44 bits per heavy atom. The van der Waals surface area contributed by atoms with Gasteiger partial charge in [-0.2, -0.15) is 0 Å². The summed E-state index contributed by atoms with van der Waals surface area (Å²) in [4.78, 5) is 0. The molecular formula is C12H15ClFNO. The summed E-state index contributed by atoms with van der Waals surface area (Å²) < 4.78 is 19.2. The summed E-state index contributed by atoms with van der Waals surface area (Å²) in [6, 6.07) is 4.18. The van der Waals surface area contributed by atoms with Gasteiger partial charge in [0.25, 0.3) is 0 Å². The zero-order valence-corrected chi connectivity index (χ0v) is 9.71. The first-order valence-corrected chi connectivity index (χ1v) is 5.88. The minimum atomic E-state index is -0.405. The Morgan fingerprint density at radius 3 is 2.88 bits per heavy atom. The Kier molecular flexibility index (Phi) is 3.79. The van der Waals surface area contributed by atoms with Crippen molar-refractivity contribution in [3.05, 3.63) is 34.6 Å². The number of ether oxygens (including phenoxy) is 1. The quantitative estimate of drug-likeness (QED) is 0.867. The summed E-state index contributed by atoms with van der Waals surface area (Å²) in [5.74, 6) is -0.353. The molecule has 0 bridgehead atoms. The van der Waals surface area contributed by atoms with Crippen molar-refractivity contribution in [2.75, 3.05) is 6.61 Å². The van der Waals surface area contributed by atoms with Gasteiger partial charge in [0.05, 0.1) is 12.1 Å². The van der Waals surface area contributed by atoms with E-state index in [0.717, 1.165) is 19.3 Å². The van der Waals surface area contributed by atoms with E-state index < -0.39 is 6.04 Å². The highest BCUT2D eigenvalue weighted by Crippen LogP contribution is 2.27. The summed E-state index contributed by atoms with van der Waals surface area (Å²) in [5.41, 5.74) is 6.50. The molecule has 2 rings (SSSR count). The predicted molar refractivity (Wildman–Crippen MR) is 61.9 cm³/mol. The highest BCUT2D eigenvalue weighted by Gasteiger charge is 2.24. The van der Waals surface area contributed by atoms with Crippen molar-refractivity contribution in [3.8, 4) is 0 Å². The molecule has 0 saturated carbocycles. The second-order valence-electron chi connectivity index (χ2n) is 4.10. The van der Waals surface area contributed by atoms with E-state index in [0.29, 0.717) is 17.2 Å². The largest absolute Gasteiger partial charge is 0.376 e. The first-order valence-electron chi connectivity index (χ1n) is 5.50. The maximum Gasteiger partial charge on any atom is 0.129 e. The Balaban J connectivity index is 2.15. The van der Waals surface area contributed by atoms with E-state index in [4.69, 9.17) is 22.1 Å². The lowest BCUT2D eigenvalue weighted by Gasteiger charge is -2.28. The van der Waals surface area contributed by atoms with Crippen LogP contribution in [-0.4, -0.2) is 12.7 Å². The Hall–Kier alpha value is -0.640. The number of hydrogen-bond acceptors (Lipinski definition) is 2. The van der Waals surface area contributed by atoms with Gasteiger partial charge < -0.3 is 10.5 Å². The van der Waals surface area contributed by atoms with Gasteiger partial charge in [-0.3, -0.25) is 0 Å². The summed E-state index contributed by atoms with van der Waals surface area (Å²) >= 11 is 5.70. The van der Waals surface area contributed by atoms with Crippen LogP contribution < -0.4 is 5.73 Å². The van der Waals surface area contributed by atoms with Crippen LogP contribution >= 0.6 is 11.6 Å². The number of nitrogens with two attached hydrogens (primary N) is 1. The van der Waals surface area contributed by atoms with Crippen LogP contribution in [0.2, 0.25) is 5.02 Å². The predicted octanol–water partition coefficient (Wildman–Crippen LogP) is 3.05. The molecule has 16 heavy (non-hydrogen) atoms. The maximum absolute atomic E-state index is 13.6.